The van der Waals surface area contributed by atoms with Gasteiger partial charge in [-0.25, -0.2) is 0 Å². The van der Waals surface area contributed by atoms with Crippen LogP contribution in [0, 0.1) is 13.8 Å². The number of morpholine rings is 1. The molecule has 2 N–H and O–H groups in total. The highest BCUT2D eigenvalue weighted by atomic mass is 32.1. The number of pyridine rings is 1. The third-order valence-corrected chi connectivity index (χ3v) is 6.26. The Bertz CT molecular complexity index is 1200. The highest BCUT2D eigenvalue weighted by Crippen LogP contribution is 2.38. The Balaban J connectivity index is 1.45. The van der Waals surface area contributed by atoms with Gasteiger partial charge in [-0.2, -0.15) is 0 Å². The van der Waals surface area contributed by atoms with Gasteiger partial charge in [0, 0.05) is 49.5 Å². The lowest BCUT2D eigenvalue weighted by molar-refractivity contribution is 0.0389. The monoisotopic (exact) mass is 496 g/mol. The summed E-state index contributed by atoms with van der Waals surface area (Å²) in [5.41, 5.74) is 3.73. The van der Waals surface area contributed by atoms with E-state index in [9.17, 15) is 0 Å². The number of rotatable bonds is 8. The number of anilines is 1. The molecule has 9 heteroatoms. The molecule has 0 unspecified atom stereocenters. The van der Waals surface area contributed by atoms with Gasteiger partial charge in [0.2, 0.25) is 0 Å². The molecule has 2 heterocycles. The average Bonchev–Trinajstić information content (AvgIpc) is 2.87. The molecular formula is C26H32N4O4S. The summed E-state index contributed by atoms with van der Waals surface area (Å²) in [5, 5.41) is 8.07. The van der Waals surface area contributed by atoms with Crippen LogP contribution in [0.1, 0.15) is 11.1 Å². The lowest BCUT2D eigenvalue weighted by Gasteiger charge is -2.26. The van der Waals surface area contributed by atoms with Gasteiger partial charge in [0.25, 0.3) is 0 Å². The number of thiocarbonyl (C=S) groups is 1. The average molecular weight is 497 g/mol. The molecule has 35 heavy (non-hydrogen) atoms. The molecule has 0 atom stereocenters. The molecule has 1 aliphatic rings. The molecule has 186 valence electrons. The smallest absolute Gasteiger partial charge is 0.170 e. The Labute approximate surface area is 211 Å². The molecule has 0 saturated carbocycles. The zero-order valence-corrected chi connectivity index (χ0v) is 21.5. The van der Waals surface area contributed by atoms with Crippen molar-refractivity contribution < 1.29 is 18.9 Å². The van der Waals surface area contributed by atoms with Crippen LogP contribution in [0.25, 0.3) is 10.9 Å². The summed E-state index contributed by atoms with van der Waals surface area (Å²) in [4.78, 5) is 6.82. The summed E-state index contributed by atoms with van der Waals surface area (Å²) in [6.07, 6.45) is 1.72. The van der Waals surface area contributed by atoms with E-state index in [2.05, 4.69) is 20.5 Å². The van der Waals surface area contributed by atoms with Crippen molar-refractivity contribution in [2.24, 2.45) is 0 Å². The summed E-state index contributed by atoms with van der Waals surface area (Å²) in [6, 6.07) is 9.64. The number of benzene rings is 2. The SMILES string of the molecule is COc1cc2nccc(Oc3cc(C)c(NC(=S)NCCN4CCOCC4)cc3C)c2cc1OC. The Morgan fingerprint density at radius 1 is 1.00 bits per heavy atom. The Morgan fingerprint density at radius 2 is 1.74 bits per heavy atom. The summed E-state index contributed by atoms with van der Waals surface area (Å²) >= 11 is 5.51. The van der Waals surface area contributed by atoms with E-state index in [0.717, 1.165) is 72.9 Å². The van der Waals surface area contributed by atoms with Crippen LogP contribution >= 0.6 is 12.2 Å². The molecule has 4 rings (SSSR count). The van der Waals surface area contributed by atoms with Crippen molar-refractivity contribution in [3.05, 3.63) is 47.7 Å². The first kappa shape index (κ1) is 25.0. The molecule has 1 saturated heterocycles. The van der Waals surface area contributed by atoms with Crippen LogP contribution in [0.4, 0.5) is 5.69 Å². The van der Waals surface area contributed by atoms with Crippen molar-refractivity contribution in [2.75, 3.05) is 58.9 Å². The first-order valence-corrected chi connectivity index (χ1v) is 12.0. The molecular weight excluding hydrogens is 464 g/mol. The quantitative estimate of drug-likeness (QED) is 0.444. The fourth-order valence-electron chi connectivity index (χ4n) is 4.01. The van der Waals surface area contributed by atoms with E-state index in [4.69, 9.17) is 31.2 Å². The molecule has 1 fully saturated rings. The zero-order chi connectivity index (χ0) is 24.8. The van der Waals surface area contributed by atoms with Gasteiger partial charge in [-0.1, -0.05) is 0 Å². The van der Waals surface area contributed by atoms with Gasteiger partial charge < -0.3 is 29.6 Å². The Morgan fingerprint density at radius 3 is 2.49 bits per heavy atom. The fraction of sp³-hybridized carbons (Fsp3) is 0.385. The summed E-state index contributed by atoms with van der Waals surface area (Å²) < 4.78 is 22.6. The topological polar surface area (TPSA) is 77.1 Å². The number of aryl methyl sites for hydroxylation is 2. The number of aromatic nitrogens is 1. The largest absolute Gasteiger partial charge is 0.493 e. The van der Waals surface area contributed by atoms with E-state index in [-0.39, 0.29) is 0 Å². The number of fused-ring (bicyclic) bond motifs is 1. The summed E-state index contributed by atoms with van der Waals surface area (Å²) in [7, 11) is 3.22. The molecule has 1 aliphatic heterocycles. The van der Waals surface area contributed by atoms with E-state index in [1.54, 1.807) is 20.4 Å². The number of hydrogen-bond acceptors (Lipinski definition) is 7. The van der Waals surface area contributed by atoms with Crippen LogP contribution < -0.4 is 24.8 Å². The van der Waals surface area contributed by atoms with Gasteiger partial charge in [0.05, 0.1) is 33.0 Å². The first-order chi connectivity index (χ1) is 17.0. The van der Waals surface area contributed by atoms with Crippen LogP contribution in [0.15, 0.2) is 36.5 Å². The van der Waals surface area contributed by atoms with Crippen molar-refractivity contribution in [3.63, 3.8) is 0 Å². The molecule has 0 amide bonds. The molecule has 1 aromatic heterocycles. The number of nitrogens with one attached hydrogen (secondary N) is 2. The van der Waals surface area contributed by atoms with Crippen LogP contribution in [0.3, 0.4) is 0 Å². The molecule has 0 aliphatic carbocycles. The maximum absolute atomic E-state index is 6.34. The number of ether oxygens (including phenoxy) is 4. The molecule has 0 radical (unpaired) electrons. The van der Waals surface area contributed by atoms with Gasteiger partial charge >= 0.3 is 0 Å². The van der Waals surface area contributed by atoms with Gasteiger partial charge in [0.1, 0.15) is 11.5 Å². The van der Waals surface area contributed by atoms with Gasteiger partial charge in [0.15, 0.2) is 16.6 Å². The van der Waals surface area contributed by atoms with Gasteiger partial charge in [-0.15, -0.1) is 0 Å². The zero-order valence-electron chi connectivity index (χ0n) is 20.6. The van der Waals surface area contributed by atoms with Gasteiger partial charge in [-0.05, 0) is 61.5 Å². The second kappa shape index (κ2) is 11.5. The number of nitrogens with zero attached hydrogens (tertiary/aromatic N) is 2. The van der Waals surface area contributed by atoms with E-state index >= 15 is 0 Å². The van der Waals surface area contributed by atoms with Crippen LogP contribution in [0.5, 0.6) is 23.0 Å². The van der Waals surface area contributed by atoms with Crippen molar-refractivity contribution in [1.82, 2.24) is 15.2 Å². The standard InChI is InChI=1S/C26H32N4O4S/c1-17-14-23(34-22-5-6-27-21-16-25(32-4)24(31-3)15-19(21)22)18(2)13-20(17)29-26(35)28-7-8-30-9-11-33-12-10-30/h5-6,13-16H,7-12H2,1-4H3,(H2,28,29,35). The second-order valence-electron chi connectivity index (χ2n) is 8.40. The third kappa shape index (κ3) is 6.11. The minimum Gasteiger partial charge on any atom is -0.493 e. The molecule has 8 nitrogen and oxygen atoms in total. The lowest BCUT2D eigenvalue weighted by Crippen LogP contribution is -2.42. The van der Waals surface area contributed by atoms with Gasteiger partial charge in [-0.3, -0.25) is 9.88 Å². The highest BCUT2D eigenvalue weighted by Gasteiger charge is 2.14. The highest BCUT2D eigenvalue weighted by molar-refractivity contribution is 7.80. The molecule has 0 spiro atoms. The van der Waals surface area contributed by atoms with Crippen molar-refractivity contribution in [2.45, 2.75) is 13.8 Å². The lowest BCUT2D eigenvalue weighted by atomic mass is 10.1. The van der Waals surface area contributed by atoms with E-state index in [0.29, 0.717) is 22.4 Å². The van der Waals surface area contributed by atoms with Crippen molar-refractivity contribution in [3.8, 4) is 23.0 Å². The number of methoxy groups -OCH3 is 2. The second-order valence-corrected chi connectivity index (χ2v) is 8.81. The molecule has 2 aromatic carbocycles. The minimum absolute atomic E-state index is 0.607. The maximum Gasteiger partial charge on any atom is 0.170 e. The maximum atomic E-state index is 6.34. The van der Waals surface area contributed by atoms with E-state index < -0.39 is 0 Å². The summed E-state index contributed by atoms with van der Waals surface area (Å²) in [6.45, 7) is 9.30. The van der Waals surface area contributed by atoms with E-state index in [1.807, 2.05) is 44.2 Å². The summed E-state index contributed by atoms with van der Waals surface area (Å²) in [5.74, 6) is 2.71. The fourth-order valence-corrected chi connectivity index (χ4v) is 4.22. The molecule has 0 bridgehead atoms. The number of hydrogen-bond donors (Lipinski definition) is 2. The minimum atomic E-state index is 0.607. The Hall–Kier alpha value is -3.14. The molecule has 3 aromatic rings. The third-order valence-electron chi connectivity index (χ3n) is 6.01. The van der Waals surface area contributed by atoms with Crippen LogP contribution in [-0.2, 0) is 4.74 Å². The predicted molar refractivity (Wildman–Crippen MR) is 142 cm³/mol. The normalized spacial score (nSPS) is 13.9. The van der Waals surface area contributed by atoms with Crippen molar-refractivity contribution in [1.29, 1.82) is 0 Å². The predicted octanol–water partition coefficient (Wildman–Crippen LogP) is 4.28. The Kier molecular flexibility index (Phi) is 8.22. The van der Waals surface area contributed by atoms with Crippen LogP contribution in [0.2, 0.25) is 0 Å². The first-order valence-electron chi connectivity index (χ1n) is 11.6. The van der Waals surface area contributed by atoms with Crippen LogP contribution in [-0.4, -0.2) is 68.6 Å². The van der Waals surface area contributed by atoms with Crippen molar-refractivity contribution >= 4 is 33.9 Å². The van der Waals surface area contributed by atoms with E-state index in [1.165, 1.54) is 0 Å².